The molecule has 0 unspecified atom stereocenters. The van der Waals surface area contributed by atoms with Crippen molar-refractivity contribution in [3.05, 3.63) is 29.8 Å². The van der Waals surface area contributed by atoms with E-state index >= 15 is 0 Å². The van der Waals surface area contributed by atoms with Crippen molar-refractivity contribution in [1.29, 1.82) is 0 Å². The smallest absolute Gasteiger partial charge is 0.270 e. The van der Waals surface area contributed by atoms with Gasteiger partial charge in [-0.2, -0.15) is 0 Å². The zero-order valence-corrected chi connectivity index (χ0v) is 18.5. The third-order valence-electron chi connectivity index (χ3n) is 4.95. The summed E-state index contributed by atoms with van der Waals surface area (Å²) in [7, 11) is -3.83. The van der Waals surface area contributed by atoms with Gasteiger partial charge in [0.1, 0.15) is 0 Å². The maximum absolute atomic E-state index is 12.6. The molecule has 1 aliphatic rings. The maximum Gasteiger partial charge on any atom is 0.270 e. The lowest BCUT2D eigenvalue weighted by molar-refractivity contribution is -0.115. The summed E-state index contributed by atoms with van der Waals surface area (Å²) in [6.07, 6.45) is 2.74. The summed E-state index contributed by atoms with van der Waals surface area (Å²) in [5, 5.41) is 10.1. The molecule has 2 aromatic rings. The summed E-state index contributed by atoms with van der Waals surface area (Å²) < 4.78 is 27.7. The van der Waals surface area contributed by atoms with Gasteiger partial charge >= 0.3 is 0 Å². The van der Waals surface area contributed by atoms with Gasteiger partial charge in [0.15, 0.2) is 0 Å². The Kier molecular flexibility index (Phi) is 6.86. The van der Waals surface area contributed by atoms with Crippen molar-refractivity contribution in [2.24, 2.45) is 5.92 Å². The number of hydrogen-bond acceptors (Lipinski definition) is 7. The normalized spacial score (nSPS) is 18.4. The summed E-state index contributed by atoms with van der Waals surface area (Å²) in [5.41, 5.74) is 2.03. The first kappa shape index (κ1) is 21.7. The number of hydrogen-bond donors (Lipinski definition) is 2. The third-order valence-corrected chi connectivity index (χ3v) is 7.70. The number of piperidine rings is 1. The maximum atomic E-state index is 12.6. The van der Waals surface area contributed by atoms with E-state index in [9.17, 15) is 13.2 Å². The second kappa shape index (κ2) is 9.19. The molecule has 1 amide bonds. The zero-order valence-electron chi connectivity index (χ0n) is 16.9. The van der Waals surface area contributed by atoms with Crippen LogP contribution in [-0.4, -0.2) is 37.6 Å². The molecule has 10 heteroatoms. The Morgan fingerprint density at radius 3 is 2.69 bits per heavy atom. The van der Waals surface area contributed by atoms with Gasteiger partial charge < -0.3 is 10.2 Å². The zero-order chi connectivity index (χ0) is 21.0. The highest BCUT2D eigenvalue weighted by Crippen LogP contribution is 2.26. The molecule has 2 N–H and O–H groups in total. The Hall–Kier alpha value is -2.04. The van der Waals surface area contributed by atoms with Crippen LogP contribution in [-0.2, 0) is 14.8 Å². The molecule has 0 saturated carbocycles. The Bertz CT molecular complexity index is 943. The van der Waals surface area contributed by atoms with E-state index in [1.165, 1.54) is 12.8 Å². The first-order valence-electron chi connectivity index (χ1n) is 9.79. The van der Waals surface area contributed by atoms with E-state index in [0.717, 1.165) is 35.7 Å². The SMILES string of the molecule is CCC(=O)Nc1nnc(S(=O)(=O)N[C@H](C)c2ccc(N3CCC[C@@H](C)C3)cc2)s1. The number of benzene rings is 1. The lowest BCUT2D eigenvalue weighted by atomic mass is 9.99. The van der Waals surface area contributed by atoms with Crippen LogP contribution in [0.1, 0.15) is 51.6 Å². The van der Waals surface area contributed by atoms with Crippen molar-refractivity contribution in [3.63, 3.8) is 0 Å². The Morgan fingerprint density at radius 1 is 1.31 bits per heavy atom. The summed E-state index contributed by atoms with van der Waals surface area (Å²) in [6, 6.07) is 7.57. The summed E-state index contributed by atoms with van der Waals surface area (Å²) in [6.45, 7) is 7.87. The molecule has 158 valence electrons. The van der Waals surface area contributed by atoms with Gasteiger partial charge in [0.05, 0.1) is 0 Å². The first-order chi connectivity index (χ1) is 13.8. The van der Waals surface area contributed by atoms with Crippen molar-refractivity contribution in [3.8, 4) is 0 Å². The molecular formula is C19H27N5O3S2. The van der Waals surface area contributed by atoms with Crippen molar-refractivity contribution < 1.29 is 13.2 Å². The third kappa shape index (κ3) is 5.52. The average molecular weight is 438 g/mol. The topological polar surface area (TPSA) is 104 Å². The van der Waals surface area contributed by atoms with Crippen LogP contribution in [0.2, 0.25) is 0 Å². The predicted octanol–water partition coefficient (Wildman–Crippen LogP) is 3.16. The standard InChI is InChI=1S/C19H27N5O3S2/c1-4-17(25)20-18-21-22-19(28-18)29(26,27)23-14(3)15-7-9-16(10-8-15)24-11-5-6-13(2)12-24/h7-10,13-14,23H,4-6,11-12H2,1-3H3,(H,20,21,25)/t13-,14-/m1/s1. The summed E-state index contributed by atoms with van der Waals surface area (Å²) >= 11 is 0.831. The van der Waals surface area contributed by atoms with Gasteiger partial charge in [0, 0.05) is 31.2 Å². The van der Waals surface area contributed by atoms with Crippen molar-refractivity contribution in [1.82, 2.24) is 14.9 Å². The number of amides is 1. The molecule has 0 aliphatic carbocycles. The fourth-order valence-electron chi connectivity index (χ4n) is 3.33. The van der Waals surface area contributed by atoms with E-state index in [2.05, 4.69) is 32.1 Å². The molecule has 1 aromatic carbocycles. The average Bonchev–Trinajstić information content (AvgIpc) is 3.17. The predicted molar refractivity (Wildman–Crippen MR) is 115 cm³/mol. The first-order valence-corrected chi connectivity index (χ1v) is 12.1. The highest BCUT2D eigenvalue weighted by molar-refractivity contribution is 7.91. The number of carbonyl (C=O) groups excluding carboxylic acids is 1. The van der Waals surface area contributed by atoms with Gasteiger partial charge in [0.25, 0.3) is 10.0 Å². The number of nitrogens with one attached hydrogen (secondary N) is 2. The van der Waals surface area contributed by atoms with Crippen LogP contribution < -0.4 is 14.9 Å². The van der Waals surface area contributed by atoms with Crippen LogP contribution in [0.5, 0.6) is 0 Å². The van der Waals surface area contributed by atoms with Crippen LogP contribution in [0, 0.1) is 5.92 Å². The largest absolute Gasteiger partial charge is 0.371 e. The van der Waals surface area contributed by atoms with Crippen LogP contribution in [0.3, 0.4) is 0 Å². The van der Waals surface area contributed by atoms with Crippen LogP contribution >= 0.6 is 11.3 Å². The van der Waals surface area contributed by atoms with Gasteiger partial charge in [-0.1, -0.05) is 37.3 Å². The van der Waals surface area contributed by atoms with E-state index in [1.807, 2.05) is 24.3 Å². The molecular weight excluding hydrogens is 410 g/mol. The molecule has 1 aliphatic heterocycles. The number of sulfonamides is 1. The minimum atomic E-state index is -3.83. The van der Waals surface area contributed by atoms with Gasteiger partial charge in [-0.25, -0.2) is 13.1 Å². The van der Waals surface area contributed by atoms with Crippen LogP contribution in [0.4, 0.5) is 10.8 Å². The van der Waals surface area contributed by atoms with Gasteiger partial charge in [-0.15, -0.1) is 10.2 Å². The van der Waals surface area contributed by atoms with Crippen molar-refractivity contribution >= 4 is 38.1 Å². The fourth-order valence-corrected chi connectivity index (χ4v) is 5.49. The number of carbonyl (C=O) groups is 1. The molecule has 3 rings (SSSR count). The second-order valence-electron chi connectivity index (χ2n) is 7.40. The van der Waals surface area contributed by atoms with E-state index in [0.29, 0.717) is 5.92 Å². The molecule has 1 fully saturated rings. The molecule has 0 spiro atoms. The Labute approximate surface area is 175 Å². The van der Waals surface area contributed by atoms with Crippen LogP contribution in [0.15, 0.2) is 28.6 Å². The molecule has 0 bridgehead atoms. The molecule has 0 radical (unpaired) electrons. The van der Waals surface area contributed by atoms with Gasteiger partial charge in [-0.05, 0) is 43.4 Å². The lowest BCUT2D eigenvalue weighted by Gasteiger charge is -2.33. The highest BCUT2D eigenvalue weighted by atomic mass is 32.2. The van der Waals surface area contributed by atoms with Crippen LogP contribution in [0.25, 0.3) is 0 Å². The molecule has 2 atom stereocenters. The van der Waals surface area contributed by atoms with Crippen molar-refractivity contribution in [2.75, 3.05) is 23.3 Å². The minimum absolute atomic E-state index is 0.171. The highest BCUT2D eigenvalue weighted by Gasteiger charge is 2.24. The minimum Gasteiger partial charge on any atom is -0.371 e. The van der Waals surface area contributed by atoms with E-state index in [1.54, 1.807) is 13.8 Å². The van der Waals surface area contributed by atoms with E-state index < -0.39 is 16.1 Å². The number of anilines is 2. The molecule has 2 heterocycles. The lowest BCUT2D eigenvalue weighted by Crippen LogP contribution is -2.34. The number of aromatic nitrogens is 2. The summed E-state index contributed by atoms with van der Waals surface area (Å²) in [5.74, 6) is 0.447. The molecule has 8 nitrogen and oxygen atoms in total. The number of rotatable bonds is 7. The van der Waals surface area contributed by atoms with E-state index in [4.69, 9.17) is 0 Å². The molecule has 1 aromatic heterocycles. The Morgan fingerprint density at radius 2 is 2.03 bits per heavy atom. The molecule has 29 heavy (non-hydrogen) atoms. The second-order valence-corrected chi connectivity index (χ2v) is 10.3. The number of nitrogens with zero attached hydrogens (tertiary/aromatic N) is 3. The van der Waals surface area contributed by atoms with Gasteiger partial charge in [0.2, 0.25) is 15.4 Å². The monoisotopic (exact) mass is 437 g/mol. The van der Waals surface area contributed by atoms with E-state index in [-0.39, 0.29) is 21.8 Å². The van der Waals surface area contributed by atoms with Gasteiger partial charge in [-0.3, -0.25) is 4.79 Å². The Balaban J connectivity index is 1.65. The summed E-state index contributed by atoms with van der Waals surface area (Å²) in [4.78, 5) is 13.8. The van der Waals surface area contributed by atoms with Crippen molar-refractivity contribution in [2.45, 2.75) is 50.4 Å². The quantitative estimate of drug-likeness (QED) is 0.645. The fraction of sp³-hybridized carbons (Fsp3) is 0.526. The molecule has 1 saturated heterocycles.